The van der Waals surface area contributed by atoms with Gasteiger partial charge in [-0.3, -0.25) is 0 Å². The van der Waals surface area contributed by atoms with E-state index in [0.717, 1.165) is 5.69 Å². The molecule has 13 heavy (non-hydrogen) atoms. The van der Waals surface area contributed by atoms with Crippen LogP contribution in [-0.2, 0) is 0 Å². The van der Waals surface area contributed by atoms with Crippen molar-refractivity contribution in [2.24, 2.45) is 0 Å². The maximum Gasteiger partial charge on any atom is 0.147 e. The molecule has 66 valence electrons. The number of anilines is 1. The van der Waals surface area contributed by atoms with Crippen LogP contribution in [0.1, 0.15) is 0 Å². The lowest BCUT2D eigenvalue weighted by atomic mass is 10.3. The van der Waals surface area contributed by atoms with Gasteiger partial charge in [-0.25, -0.2) is 4.98 Å². The highest BCUT2D eigenvalue weighted by Gasteiger charge is 2.00. The molecule has 4 heteroatoms. The van der Waals surface area contributed by atoms with Gasteiger partial charge in [-0.2, -0.15) is 0 Å². The van der Waals surface area contributed by atoms with Crippen LogP contribution in [0.15, 0.2) is 36.8 Å². The van der Waals surface area contributed by atoms with Gasteiger partial charge in [0.15, 0.2) is 0 Å². The molecular weight excluding hydrogens is 186 g/mol. The van der Waals surface area contributed by atoms with E-state index in [4.69, 9.17) is 17.3 Å². The number of benzene rings is 1. The van der Waals surface area contributed by atoms with E-state index in [1.807, 2.05) is 24.3 Å². The minimum absolute atomic E-state index is 0.461. The molecule has 1 aromatic heterocycles. The lowest BCUT2D eigenvalue weighted by Crippen LogP contribution is -1.96. The molecule has 0 aliphatic carbocycles. The molecule has 0 atom stereocenters. The summed E-state index contributed by atoms with van der Waals surface area (Å²) in [5, 5.41) is 0.461. The standard InChI is InChI=1S/C9H8ClN3/c10-9-5-13(6-12-9)8-4-2-1-3-7(8)11/h1-6H,11H2. The normalized spacial score (nSPS) is 10.2. The first kappa shape index (κ1) is 8.13. The van der Waals surface area contributed by atoms with Crippen LogP contribution >= 0.6 is 11.6 Å². The first-order valence-corrected chi connectivity index (χ1v) is 4.19. The Morgan fingerprint density at radius 1 is 1.31 bits per heavy atom. The summed E-state index contributed by atoms with van der Waals surface area (Å²) in [6, 6.07) is 7.55. The number of aromatic nitrogens is 2. The van der Waals surface area contributed by atoms with Crippen LogP contribution in [-0.4, -0.2) is 9.55 Å². The van der Waals surface area contributed by atoms with Crippen molar-refractivity contribution in [1.29, 1.82) is 0 Å². The number of nitrogens with two attached hydrogens (primary N) is 1. The SMILES string of the molecule is Nc1ccccc1-n1cnc(Cl)c1. The zero-order valence-electron chi connectivity index (χ0n) is 6.81. The van der Waals surface area contributed by atoms with Crippen LogP contribution in [0.3, 0.4) is 0 Å². The average Bonchev–Trinajstić information content (AvgIpc) is 2.53. The first-order chi connectivity index (χ1) is 6.27. The van der Waals surface area contributed by atoms with E-state index in [0.29, 0.717) is 10.8 Å². The highest BCUT2D eigenvalue weighted by molar-refractivity contribution is 6.29. The fraction of sp³-hybridized carbons (Fsp3) is 0. The van der Waals surface area contributed by atoms with E-state index >= 15 is 0 Å². The lowest BCUT2D eigenvalue weighted by Gasteiger charge is -2.04. The van der Waals surface area contributed by atoms with Crippen molar-refractivity contribution in [3.63, 3.8) is 0 Å². The Morgan fingerprint density at radius 2 is 2.08 bits per heavy atom. The number of halogens is 1. The molecule has 0 bridgehead atoms. The van der Waals surface area contributed by atoms with Crippen molar-refractivity contribution in [2.75, 3.05) is 5.73 Å². The van der Waals surface area contributed by atoms with Crippen LogP contribution in [0.4, 0.5) is 5.69 Å². The second-order valence-electron chi connectivity index (χ2n) is 2.66. The Morgan fingerprint density at radius 3 is 2.69 bits per heavy atom. The topological polar surface area (TPSA) is 43.8 Å². The van der Waals surface area contributed by atoms with Gasteiger partial charge in [0.2, 0.25) is 0 Å². The number of nitrogens with zero attached hydrogens (tertiary/aromatic N) is 2. The molecule has 2 aromatic rings. The fourth-order valence-electron chi connectivity index (χ4n) is 1.15. The van der Waals surface area contributed by atoms with Gasteiger partial charge in [-0.05, 0) is 12.1 Å². The molecule has 2 N–H and O–H groups in total. The molecule has 0 saturated carbocycles. The van der Waals surface area contributed by atoms with Gasteiger partial charge in [-0.15, -0.1) is 0 Å². The molecule has 3 nitrogen and oxygen atoms in total. The summed E-state index contributed by atoms with van der Waals surface area (Å²) in [5.74, 6) is 0. The first-order valence-electron chi connectivity index (χ1n) is 3.82. The Kier molecular flexibility index (Phi) is 1.94. The van der Waals surface area contributed by atoms with Crippen LogP contribution in [0.5, 0.6) is 0 Å². The van der Waals surface area contributed by atoms with Gasteiger partial charge in [0.1, 0.15) is 11.5 Å². The van der Waals surface area contributed by atoms with E-state index in [1.54, 1.807) is 17.1 Å². The van der Waals surface area contributed by atoms with Crippen molar-refractivity contribution in [3.8, 4) is 5.69 Å². The van der Waals surface area contributed by atoms with Gasteiger partial charge < -0.3 is 10.3 Å². The average molecular weight is 194 g/mol. The maximum absolute atomic E-state index is 5.77. The summed E-state index contributed by atoms with van der Waals surface area (Å²) >= 11 is 5.69. The predicted molar refractivity (Wildman–Crippen MR) is 53.0 cm³/mol. The number of hydrogen-bond donors (Lipinski definition) is 1. The molecule has 0 fully saturated rings. The molecule has 0 radical (unpaired) electrons. The van der Waals surface area contributed by atoms with Crippen LogP contribution < -0.4 is 5.73 Å². The summed E-state index contributed by atoms with van der Waals surface area (Å²) in [4.78, 5) is 3.91. The van der Waals surface area contributed by atoms with Gasteiger partial charge in [-0.1, -0.05) is 23.7 Å². The number of hydrogen-bond acceptors (Lipinski definition) is 2. The van der Waals surface area contributed by atoms with Crippen molar-refractivity contribution < 1.29 is 0 Å². The molecule has 0 saturated heterocycles. The highest BCUT2D eigenvalue weighted by Crippen LogP contribution is 2.17. The summed E-state index contributed by atoms with van der Waals surface area (Å²) in [6.07, 6.45) is 3.35. The molecular formula is C9H8ClN3. The molecule has 0 aliphatic heterocycles. The summed E-state index contributed by atoms with van der Waals surface area (Å²) in [6.45, 7) is 0. The van der Waals surface area contributed by atoms with Crippen LogP contribution in [0.25, 0.3) is 5.69 Å². The maximum atomic E-state index is 5.77. The number of nitrogen functional groups attached to an aromatic ring is 1. The molecule has 0 amide bonds. The Bertz CT molecular complexity index is 422. The third-order valence-electron chi connectivity index (χ3n) is 1.77. The molecule has 1 aromatic carbocycles. The van der Waals surface area contributed by atoms with E-state index in [1.165, 1.54) is 0 Å². The van der Waals surface area contributed by atoms with Crippen LogP contribution in [0, 0.1) is 0 Å². The van der Waals surface area contributed by atoms with Crippen LogP contribution in [0.2, 0.25) is 5.15 Å². The third kappa shape index (κ3) is 1.51. The summed E-state index contributed by atoms with van der Waals surface area (Å²) in [7, 11) is 0. The van der Waals surface area contributed by atoms with E-state index in [-0.39, 0.29) is 0 Å². The highest BCUT2D eigenvalue weighted by atomic mass is 35.5. The molecule has 0 aliphatic rings. The van der Waals surface area contributed by atoms with Crippen molar-refractivity contribution in [1.82, 2.24) is 9.55 Å². The van der Waals surface area contributed by atoms with Crippen molar-refractivity contribution in [3.05, 3.63) is 41.9 Å². The van der Waals surface area contributed by atoms with Gasteiger partial charge >= 0.3 is 0 Å². The molecule has 2 rings (SSSR count). The predicted octanol–water partition coefficient (Wildman–Crippen LogP) is 2.11. The monoisotopic (exact) mass is 193 g/mol. The Balaban J connectivity index is 2.52. The molecule has 1 heterocycles. The Hall–Kier alpha value is -1.48. The molecule has 0 unspecified atom stereocenters. The number of para-hydroxylation sites is 2. The zero-order chi connectivity index (χ0) is 9.26. The molecule has 0 spiro atoms. The lowest BCUT2D eigenvalue weighted by molar-refractivity contribution is 1.06. The fourth-order valence-corrected chi connectivity index (χ4v) is 1.30. The quantitative estimate of drug-likeness (QED) is 0.705. The Labute approximate surface area is 80.8 Å². The van der Waals surface area contributed by atoms with E-state index in [2.05, 4.69) is 4.98 Å². The third-order valence-corrected chi connectivity index (χ3v) is 1.96. The van der Waals surface area contributed by atoms with E-state index < -0.39 is 0 Å². The number of rotatable bonds is 1. The minimum Gasteiger partial charge on any atom is -0.397 e. The van der Waals surface area contributed by atoms with E-state index in [9.17, 15) is 0 Å². The van der Waals surface area contributed by atoms with Crippen molar-refractivity contribution >= 4 is 17.3 Å². The van der Waals surface area contributed by atoms with Gasteiger partial charge in [0.05, 0.1) is 11.4 Å². The summed E-state index contributed by atoms with van der Waals surface area (Å²) < 4.78 is 1.79. The largest absolute Gasteiger partial charge is 0.397 e. The number of imidazole rings is 1. The second kappa shape index (κ2) is 3.11. The smallest absolute Gasteiger partial charge is 0.147 e. The van der Waals surface area contributed by atoms with Gasteiger partial charge in [0, 0.05) is 6.20 Å². The van der Waals surface area contributed by atoms with Gasteiger partial charge in [0.25, 0.3) is 0 Å². The zero-order valence-corrected chi connectivity index (χ0v) is 7.57. The summed E-state index contributed by atoms with van der Waals surface area (Å²) in [5.41, 5.74) is 7.37. The second-order valence-corrected chi connectivity index (χ2v) is 3.05. The minimum atomic E-state index is 0.461. The van der Waals surface area contributed by atoms with Crippen molar-refractivity contribution in [2.45, 2.75) is 0 Å².